The molecule has 2 aliphatic heterocycles. The zero-order valence-corrected chi connectivity index (χ0v) is 12.1. The van der Waals surface area contributed by atoms with E-state index >= 15 is 0 Å². The summed E-state index contributed by atoms with van der Waals surface area (Å²) in [4.78, 5) is 14.1. The van der Waals surface area contributed by atoms with Gasteiger partial charge in [0.05, 0.1) is 6.10 Å². The second-order valence-electron chi connectivity index (χ2n) is 5.98. The lowest BCUT2D eigenvalue weighted by atomic mass is 9.92. The van der Waals surface area contributed by atoms with Crippen LogP contribution in [0.25, 0.3) is 0 Å². The number of nitrogens with zero attached hydrogens (tertiary/aromatic N) is 1. The average molecular weight is 295 g/mol. The van der Waals surface area contributed by atoms with Gasteiger partial charge in [-0.2, -0.15) is 0 Å². The molecule has 4 rings (SSSR count). The average Bonchev–Trinajstić information content (AvgIpc) is 2.78. The Morgan fingerprint density at radius 3 is 2.68 bits per heavy atom. The number of aliphatic carboxylic acids is 1. The van der Waals surface area contributed by atoms with Crippen molar-refractivity contribution in [2.75, 3.05) is 13.1 Å². The number of rotatable bonds is 3. The van der Waals surface area contributed by atoms with E-state index in [4.69, 9.17) is 4.74 Å². The number of hydrogen-bond donors (Lipinski definition) is 1. The molecule has 0 radical (unpaired) electrons. The van der Waals surface area contributed by atoms with Gasteiger partial charge in [-0.05, 0) is 11.1 Å². The number of fused-ring (bicyclic) bond motifs is 5. The third kappa shape index (κ3) is 1.95. The van der Waals surface area contributed by atoms with Crippen LogP contribution in [-0.2, 0) is 21.7 Å². The Hall–Kier alpha value is -2.17. The lowest BCUT2D eigenvalue weighted by Gasteiger charge is -2.38. The highest BCUT2D eigenvalue weighted by Crippen LogP contribution is 2.48. The molecule has 1 fully saturated rings. The first-order valence-corrected chi connectivity index (χ1v) is 7.46. The molecular weight excluding hydrogens is 278 g/mol. The van der Waals surface area contributed by atoms with E-state index in [9.17, 15) is 9.90 Å². The Morgan fingerprint density at radius 2 is 1.91 bits per heavy atom. The highest BCUT2D eigenvalue weighted by Gasteiger charge is 2.55. The molecule has 2 aromatic carbocycles. The van der Waals surface area contributed by atoms with Crippen LogP contribution in [0.15, 0.2) is 54.6 Å². The fourth-order valence-corrected chi connectivity index (χ4v) is 3.58. The Kier molecular flexibility index (Phi) is 3.03. The smallest absolute Gasteiger partial charge is 0.342 e. The number of benzene rings is 2. The molecule has 2 aromatic rings. The van der Waals surface area contributed by atoms with Gasteiger partial charge in [0.15, 0.2) is 0 Å². The predicted octanol–water partition coefficient (Wildman–Crippen LogP) is 2.55. The molecule has 1 saturated heterocycles. The number of ether oxygens (including phenoxy) is 1. The van der Waals surface area contributed by atoms with Crippen LogP contribution in [0, 0.1) is 0 Å². The van der Waals surface area contributed by atoms with Crippen LogP contribution in [0.1, 0.15) is 22.8 Å². The number of morpholine rings is 1. The molecule has 22 heavy (non-hydrogen) atoms. The maximum absolute atomic E-state index is 11.9. The molecule has 0 aromatic heterocycles. The highest BCUT2D eigenvalue weighted by molar-refractivity contribution is 5.82. The largest absolute Gasteiger partial charge is 0.479 e. The number of carboxylic acids is 1. The lowest BCUT2D eigenvalue weighted by molar-refractivity contribution is -0.189. The molecule has 1 unspecified atom stereocenters. The molecule has 0 aliphatic carbocycles. The summed E-state index contributed by atoms with van der Waals surface area (Å²) in [7, 11) is 0. The van der Waals surface area contributed by atoms with Crippen molar-refractivity contribution in [3.05, 3.63) is 71.3 Å². The van der Waals surface area contributed by atoms with Crippen LogP contribution in [0.4, 0.5) is 0 Å². The zero-order valence-electron chi connectivity index (χ0n) is 12.1. The third-order valence-electron chi connectivity index (χ3n) is 4.55. The second-order valence-corrected chi connectivity index (χ2v) is 5.98. The van der Waals surface area contributed by atoms with Crippen molar-refractivity contribution in [3.63, 3.8) is 0 Å². The van der Waals surface area contributed by atoms with E-state index in [1.54, 1.807) is 0 Å². The second kappa shape index (κ2) is 4.93. The quantitative estimate of drug-likeness (QED) is 0.945. The van der Waals surface area contributed by atoms with Gasteiger partial charge >= 0.3 is 5.97 Å². The number of hydrogen-bond acceptors (Lipinski definition) is 3. The van der Waals surface area contributed by atoms with Crippen LogP contribution in [0.2, 0.25) is 0 Å². The van der Waals surface area contributed by atoms with E-state index in [0.717, 1.165) is 24.2 Å². The molecule has 0 spiro atoms. The van der Waals surface area contributed by atoms with Crippen molar-refractivity contribution in [1.82, 2.24) is 4.90 Å². The summed E-state index contributed by atoms with van der Waals surface area (Å²) in [5.41, 5.74) is 1.78. The van der Waals surface area contributed by atoms with Gasteiger partial charge < -0.3 is 9.84 Å². The molecule has 2 bridgehead atoms. The summed E-state index contributed by atoms with van der Waals surface area (Å²) in [5.74, 6) is -0.903. The van der Waals surface area contributed by atoms with E-state index in [0.29, 0.717) is 6.54 Å². The van der Waals surface area contributed by atoms with Crippen molar-refractivity contribution in [3.8, 4) is 0 Å². The Labute approximate surface area is 128 Å². The van der Waals surface area contributed by atoms with Gasteiger partial charge in [-0.15, -0.1) is 0 Å². The van der Waals surface area contributed by atoms with Crippen LogP contribution in [0.3, 0.4) is 0 Å². The van der Waals surface area contributed by atoms with Crippen LogP contribution in [0.5, 0.6) is 0 Å². The first-order valence-electron chi connectivity index (χ1n) is 7.46. The minimum absolute atomic E-state index is 0.162. The van der Waals surface area contributed by atoms with Crippen LogP contribution >= 0.6 is 0 Å². The van der Waals surface area contributed by atoms with E-state index in [1.807, 2.05) is 42.5 Å². The van der Waals surface area contributed by atoms with Gasteiger partial charge in [-0.1, -0.05) is 54.6 Å². The van der Waals surface area contributed by atoms with Crippen molar-refractivity contribution in [2.24, 2.45) is 0 Å². The first kappa shape index (κ1) is 13.5. The number of carbonyl (C=O) groups is 1. The van der Waals surface area contributed by atoms with E-state index in [2.05, 4.69) is 17.0 Å². The molecule has 112 valence electrons. The van der Waals surface area contributed by atoms with Gasteiger partial charge in [-0.25, -0.2) is 4.79 Å². The van der Waals surface area contributed by atoms with Crippen molar-refractivity contribution in [1.29, 1.82) is 0 Å². The minimum atomic E-state index is -1.23. The molecule has 4 heteroatoms. The molecule has 2 heterocycles. The van der Waals surface area contributed by atoms with Crippen molar-refractivity contribution >= 4 is 5.97 Å². The monoisotopic (exact) mass is 295 g/mol. The highest BCUT2D eigenvalue weighted by atomic mass is 16.5. The van der Waals surface area contributed by atoms with Crippen LogP contribution < -0.4 is 0 Å². The maximum Gasteiger partial charge on any atom is 0.342 e. The Morgan fingerprint density at radius 1 is 1.18 bits per heavy atom. The summed E-state index contributed by atoms with van der Waals surface area (Å²) in [6.07, 6.45) is -0.162. The fraction of sp³-hybridized carbons (Fsp3) is 0.278. The number of carboxylic acid groups (broad SMARTS) is 1. The SMILES string of the molecule is O=C(O)C12CN(Cc3ccccc3)C[C@@H](O1)c1ccccc12. The summed E-state index contributed by atoms with van der Waals surface area (Å²) in [6.45, 7) is 1.84. The fourth-order valence-electron chi connectivity index (χ4n) is 3.58. The Bertz CT molecular complexity index is 715. The zero-order chi connectivity index (χ0) is 15.2. The first-order chi connectivity index (χ1) is 10.7. The molecular formula is C18H17NO3. The summed E-state index contributed by atoms with van der Waals surface area (Å²) >= 11 is 0. The summed E-state index contributed by atoms with van der Waals surface area (Å²) < 4.78 is 5.94. The van der Waals surface area contributed by atoms with Crippen molar-refractivity contribution < 1.29 is 14.6 Å². The van der Waals surface area contributed by atoms with Crippen molar-refractivity contribution in [2.45, 2.75) is 18.2 Å². The maximum atomic E-state index is 11.9. The predicted molar refractivity (Wildman–Crippen MR) is 81.3 cm³/mol. The lowest BCUT2D eigenvalue weighted by Crippen LogP contribution is -2.50. The third-order valence-corrected chi connectivity index (χ3v) is 4.55. The molecule has 0 saturated carbocycles. The van der Waals surface area contributed by atoms with Gasteiger partial charge in [0.2, 0.25) is 5.60 Å². The topological polar surface area (TPSA) is 49.8 Å². The van der Waals surface area contributed by atoms with Gasteiger partial charge in [0.25, 0.3) is 0 Å². The van der Waals surface area contributed by atoms with E-state index in [-0.39, 0.29) is 6.10 Å². The molecule has 2 atom stereocenters. The normalized spacial score (nSPS) is 26.6. The van der Waals surface area contributed by atoms with Crippen LogP contribution in [-0.4, -0.2) is 29.1 Å². The van der Waals surface area contributed by atoms with E-state index in [1.165, 1.54) is 5.56 Å². The van der Waals surface area contributed by atoms with Gasteiger partial charge in [0.1, 0.15) is 0 Å². The molecule has 4 nitrogen and oxygen atoms in total. The summed E-state index contributed by atoms with van der Waals surface area (Å²) in [6, 6.07) is 17.8. The minimum Gasteiger partial charge on any atom is -0.479 e. The summed E-state index contributed by atoms with van der Waals surface area (Å²) in [5, 5.41) is 9.79. The van der Waals surface area contributed by atoms with E-state index < -0.39 is 11.6 Å². The molecule has 2 aliphatic rings. The standard InChI is InChI=1S/C18H17NO3/c20-17(21)18-12-19(10-13-6-2-1-3-7-13)11-16(22-18)14-8-4-5-9-15(14)18/h1-9,16H,10-12H2,(H,20,21)/t16-,18?/m1/s1. The van der Waals surface area contributed by atoms with Gasteiger partial charge in [-0.3, -0.25) is 4.90 Å². The molecule has 0 amide bonds. The molecule has 1 N–H and O–H groups in total. The Balaban J connectivity index is 1.68. The van der Waals surface area contributed by atoms with Gasteiger partial charge in [0, 0.05) is 25.2 Å².